The average Bonchev–Trinajstić information content (AvgIpc) is 3.31. The smallest absolute Gasteiger partial charge is 0.239 e. The first-order chi connectivity index (χ1) is 19.7. The number of para-hydroxylation sites is 1. The van der Waals surface area contributed by atoms with Gasteiger partial charge in [0.15, 0.2) is 28.1 Å². The summed E-state index contributed by atoms with van der Waals surface area (Å²) in [5, 5.41) is -0.276. The maximum atomic E-state index is 14.1. The van der Waals surface area contributed by atoms with E-state index in [0.717, 1.165) is 6.07 Å². The number of hydrogen-bond donors (Lipinski definition) is 1. The van der Waals surface area contributed by atoms with Crippen LogP contribution in [-0.2, 0) is 15.8 Å². The summed E-state index contributed by atoms with van der Waals surface area (Å²) in [6.45, 7) is 2.24. The molecule has 4 aromatic heterocycles. The van der Waals surface area contributed by atoms with Crippen molar-refractivity contribution in [3.8, 4) is 34.6 Å². The number of pyridine rings is 2. The van der Waals surface area contributed by atoms with Crippen LogP contribution in [0.4, 0.5) is 10.2 Å². The summed E-state index contributed by atoms with van der Waals surface area (Å²) in [5.41, 5.74) is 0.724. The first-order valence-corrected chi connectivity index (χ1v) is 14.1. The zero-order chi connectivity index (χ0) is 29.1. The fourth-order valence-corrected chi connectivity index (χ4v) is 5.34. The molecule has 0 radical (unpaired) electrons. The zero-order valence-corrected chi connectivity index (χ0v) is 23.6. The summed E-state index contributed by atoms with van der Waals surface area (Å²) >= 11 is 6.36. The van der Waals surface area contributed by atoms with Gasteiger partial charge in [-0.3, -0.25) is 14.3 Å². The Morgan fingerprint density at radius 1 is 1.00 bits per heavy atom. The number of sulfonamides is 1. The molecular weight excluding hydrogens is 577 g/mol. The Kier molecular flexibility index (Phi) is 7.85. The van der Waals surface area contributed by atoms with Gasteiger partial charge < -0.3 is 14.2 Å². The number of benzene rings is 1. The molecule has 0 aliphatic carbocycles. The van der Waals surface area contributed by atoms with E-state index in [1.54, 1.807) is 41.0 Å². The fraction of sp³-hybridized carbons (Fsp3) is 0.192. The summed E-state index contributed by atoms with van der Waals surface area (Å²) in [6, 6.07) is 12.8. The molecule has 41 heavy (non-hydrogen) atoms. The molecule has 0 bridgehead atoms. The van der Waals surface area contributed by atoms with E-state index in [4.69, 9.17) is 25.8 Å². The van der Waals surface area contributed by atoms with Gasteiger partial charge in [0, 0.05) is 13.7 Å². The number of aromatic nitrogens is 6. The molecule has 0 aliphatic heterocycles. The lowest BCUT2D eigenvalue weighted by Gasteiger charge is -2.16. The highest BCUT2D eigenvalue weighted by atomic mass is 35.5. The molecule has 15 heteroatoms. The average molecular weight is 602 g/mol. The summed E-state index contributed by atoms with van der Waals surface area (Å²) in [7, 11) is -1.23. The summed E-state index contributed by atoms with van der Waals surface area (Å²) in [4.78, 5) is 21.8. The van der Waals surface area contributed by atoms with Gasteiger partial charge in [-0.2, -0.15) is 0 Å². The van der Waals surface area contributed by atoms with Gasteiger partial charge in [-0.15, -0.1) is 0 Å². The summed E-state index contributed by atoms with van der Waals surface area (Å²) in [6.07, 6.45) is 1.29. The molecule has 0 aliphatic rings. The second-order valence-corrected chi connectivity index (χ2v) is 10.5. The van der Waals surface area contributed by atoms with Crippen LogP contribution in [-0.4, -0.2) is 58.7 Å². The molecule has 4 heterocycles. The molecule has 0 atom stereocenters. The molecule has 5 rings (SSSR count). The topological polar surface area (TPSA) is 143 Å². The van der Waals surface area contributed by atoms with Gasteiger partial charge in [0.25, 0.3) is 0 Å². The number of ether oxygens (including phenoxy) is 3. The molecule has 12 nitrogen and oxygen atoms in total. The van der Waals surface area contributed by atoms with Gasteiger partial charge in [-0.1, -0.05) is 23.7 Å². The van der Waals surface area contributed by atoms with Crippen LogP contribution < -0.4 is 18.9 Å². The van der Waals surface area contributed by atoms with Crippen molar-refractivity contribution in [2.45, 2.75) is 12.7 Å². The lowest BCUT2D eigenvalue weighted by Crippen LogP contribution is -2.18. The highest BCUT2D eigenvalue weighted by Gasteiger charge is 2.26. The van der Waals surface area contributed by atoms with Crippen LogP contribution in [0.25, 0.3) is 28.5 Å². The number of fused-ring (bicyclic) bond motifs is 1. The highest BCUT2D eigenvalue weighted by molar-refractivity contribution is 7.91. The molecule has 0 amide bonds. The van der Waals surface area contributed by atoms with Gasteiger partial charge in [0.05, 0.1) is 26.5 Å². The predicted molar refractivity (Wildman–Crippen MR) is 152 cm³/mol. The van der Waals surface area contributed by atoms with Crippen LogP contribution in [0.2, 0.25) is 5.15 Å². The molecule has 214 valence electrons. The number of imidazole rings is 1. The first-order valence-electron chi connectivity index (χ1n) is 12.1. The number of methoxy groups -OCH3 is 2. The third-order valence-corrected chi connectivity index (χ3v) is 7.16. The lowest BCUT2D eigenvalue weighted by molar-refractivity contribution is 0.327. The molecule has 0 saturated carbocycles. The number of anilines is 1. The molecular formula is C26H25ClFN7O5S. The van der Waals surface area contributed by atoms with Gasteiger partial charge >= 0.3 is 0 Å². The van der Waals surface area contributed by atoms with E-state index in [-0.39, 0.29) is 35.2 Å². The van der Waals surface area contributed by atoms with Crippen molar-refractivity contribution >= 4 is 38.7 Å². The molecule has 1 aromatic carbocycles. The Balaban J connectivity index is 0.00000405. The lowest BCUT2D eigenvalue weighted by atomic mass is 10.2. The van der Waals surface area contributed by atoms with Crippen LogP contribution in [0.5, 0.6) is 17.4 Å². The van der Waals surface area contributed by atoms with Crippen LogP contribution in [0.15, 0.2) is 54.7 Å². The Bertz CT molecular complexity index is 1840. The number of rotatable bonds is 10. The Morgan fingerprint density at radius 2 is 1.73 bits per heavy atom. The number of hydrogen-bond acceptors (Lipinski definition) is 10. The molecule has 5 aromatic rings. The van der Waals surface area contributed by atoms with E-state index in [9.17, 15) is 12.8 Å². The second kappa shape index (κ2) is 11.5. The Morgan fingerprint density at radius 3 is 2.41 bits per heavy atom. The largest absolute Gasteiger partial charge is 0.494 e. The third-order valence-electron chi connectivity index (χ3n) is 5.74. The molecule has 0 fully saturated rings. The van der Waals surface area contributed by atoms with Crippen molar-refractivity contribution in [2.75, 3.05) is 25.5 Å². The van der Waals surface area contributed by atoms with Gasteiger partial charge in [0.1, 0.15) is 34.5 Å². The van der Waals surface area contributed by atoms with E-state index in [1.165, 1.54) is 26.5 Å². The predicted octanol–water partition coefficient (Wildman–Crippen LogP) is 4.67. The minimum Gasteiger partial charge on any atom is -0.494 e. The second-order valence-electron chi connectivity index (χ2n) is 8.38. The molecule has 0 unspecified atom stereocenters. The first kappa shape index (κ1) is 28.0. The number of nitrogens with zero attached hydrogens (tertiary/aromatic N) is 6. The van der Waals surface area contributed by atoms with Crippen LogP contribution in [0, 0.1) is 5.82 Å². The van der Waals surface area contributed by atoms with Crippen molar-refractivity contribution in [1.29, 1.82) is 0 Å². The van der Waals surface area contributed by atoms with Crippen LogP contribution >= 0.6 is 11.6 Å². The van der Waals surface area contributed by atoms with E-state index in [1.807, 2.05) is 6.92 Å². The third kappa shape index (κ3) is 5.69. The van der Waals surface area contributed by atoms with E-state index in [0.29, 0.717) is 35.4 Å². The van der Waals surface area contributed by atoms with Crippen molar-refractivity contribution in [3.63, 3.8) is 0 Å². The SMILES string of the molecule is CCOc1cccc(-c2nc3nc(Cl)c(NS(=O)(=O)Cc4ncccc4F)nc3n2-c2c(OC)cccc2OC)n1.[HH]. The maximum absolute atomic E-state index is 14.1. The highest BCUT2D eigenvalue weighted by Crippen LogP contribution is 2.38. The van der Waals surface area contributed by atoms with E-state index >= 15 is 0 Å². The van der Waals surface area contributed by atoms with Gasteiger partial charge in [-0.25, -0.2) is 32.7 Å². The van der Waals surface area contributed by atoms with E-state index in [2.05, 4.69) is 29.6 Å². The van der Waals surface area contributed by atoms with Crippen molar-refractivity contribution in [1.82, 2.24) is 29.5 Å². The fourth-order valence-electron chi connectivity index (χ4n) is 4.03. The van der Waals surface area contributed by atoms with Crippen molar-refractivity contribution in [3.05, 3.63) is 71.4 Å². The number of halogens is 2. The normalized spacial score (nSPS) is 11.4. The zero-order valence-electron chi connectivity index (χ0n) is 22.0. The van der Waals surface area contributed by atoms with Crippen LogP contribution in [0.3, 0.4) is 0 Å². The van der Waals surface area contributed by atoms with Crippen molar-refractivity contribution in [2.24, 2.45) is 0 Å². The Labute approximate surface area is 240 Å². The minimum atomic E-state index is -4.21. The quantitative estimate of drug-likeness (QED) is 0.240. The van der Waals surface area contributed by atoms with Crippen molar-refractivity contribution < 1.29 is 28.4 Å². The van der Waals surface area contributed by atoms with Gasteiger partial charge in [-0.05, 0) is 37.3 Å². The van der Waals surface area contributed by atoms with Gasteiger partial charge in [0.2, 0.25) is 15.9 Å². The van der Waals surface area contributed by atoms with E-state index < -0.39 is 21.6 Å². The minimum absolute atomic E-state index is 0. The maximum Gasteiger partial charge on any atom is 0.239 e. The molecule has 0 saturated heterocycles. The molecule has 0 spiro atoms. The Hall–Kier alpha value is -4.56. The molecule has 1 N–H and O–H groups in total. The monoisotopic (exact) mass is 601 g/mol. The standard InChI is InChI=1S/C26H23ClFN7O5S.H2/c1-4-40-20-12-5-9-16(30-20)25-33-24-26(35(25)21-18(38-2)10-6-11-19(21)39-3)32-23(22(27)31-24)34-41(36,37)14-17-15(28)8-7-13-29-17;/h5-13H,4,14H2,1-3H3,(H,32,34);1H. The van der Waals surface area contributed by atoms with Crippen LogP contribution in [0.1, 0.15) is 14.0 Å². The number of nitrogens with one attached hydrogen (secondary N) is 1. The summed E-state index contributed by atoms with van der Waals surface area (Å²) < 4.78 is 60.7. The summed E-state index contributed by atoms with van der Waals surface area (Å²) in [5.74, 6) is -0.382.